The first-order valence-electron chi connectivity index (χ1n) is 19.9. The predicted octanol–water partition coefficient (Wildman–Crippen LogP) is 6.44. The Morgan fingerprint density at radius 1 is 1.23 bits per heavy atom. The standard InChI is InChI=1S/C40H56ClF3IN5O10S2/c1-22-11-9-12-30(57-8)39(55)21-28(58-37(54)46-39)23(2)35-38(4,60-35)31(20-33(52)50(6)26-18-25(17-22)19-27(56-7)34(26)41)59-36(53)24(3)49(5)29(40(42,43)44)14-16-62-61-15-10-13-32(51)47-48-45/h9,11-12,18-19,23-24,28-31,35,48,55H,10,13-17,20-21H2,1-8H3,(H,46,54)(H,47,51)/b12-9+,22-11+/t23-,24+,28+,29?,30-,31+,35+,38+,39+/m1/s1. The van der Waals surface area contributed by atoms with Gasteiger partial charge in [0.25, 0.3) is 0 Å². The molecule has 3 aliphatic heterocycles. The molecule has 62 heavy (non-hydrogen) atoms. The number of halogens is 5. The first kappa shape index (κ1) is 52.1. The van der Waals surface area contributed by atoms with Crippen LogP contribution in [0.2, 0.25) is 5.02 Å². The molecule has 2 saturated heterocycles. The van der Waals surface area contributed by atoms with E-state index in [1.54, 1.807) is 61.0 Å². The largest absolute Gasteiger partial charge is 0.495 e. The number of ether oxygens (including phenoxy) is 5. The highest BCUT2D eigenvalue weighted by molar-refractivity contribution is 14.1. The molecule has 3 aliphatic rings. The van der Waals surface area contributed by atoms with E-state index < -0.39 is 84.3 Å². The van der Waals surface area contributed by atoms with Crippen molar-refractivity contribution in [2.45, 2.75) is 120 Å². The molecule has 0 spiro atoms. The topological polar surface area (TPSA) is 181 Å². The first-order chi connectivity index (χ1) is 29.1. The quantitative estimate of drug-likeness (QED) is 0.0287. The number of carbonyl (C=O) groups is 4. The van der Waals surface area contributed by atoms with Gasteiger partial charge in [0, 0.05) is 67.3 Å². The number of carbonyl (C=O) groups excluding carboxylic acids is 4. The number of aliphatic hydroxyl groups is 1. The van der Waals surface area contributed by atoms with Crippen molar-refractivity contribution in [1.29, 1.82) is 0 Å². The Bertz CT molecular complexity index is 1840. The molecule has 1 aromatic rings. The van der Waals surface area contributed by atoms with Gasteiger partial charge in [-0.15, -0.1) is 0 Å². The van der Waals surface area contributed by atoms with Gasteiger partial charge in [-0.2, -0.15) is 16.8 Å². The minimum atomic E-state index is -4.70. The fourth-order valence-electron chi connectivity index (χ4n) is 7.56. The number of fused-ring (bicyclic) bond motifs is 5. The van der Waals surface area contributed by atoms with Crippen LogP contribution in [0.25, 0.3) is 0 Å². The average molecular weight is 1050 g/mol. The summed E-state index contributed by atoms with van der Waals surface area (Å²) in [6, 6.07) is 0.0339. The number of hydrazine groups is 1. The summed E-state index contributed by atoms with van der Waals surface area (Å²) in [5, 5.41) is 14.4. The van der Waals surface area contributed by atoms with E-state index in [1.165, 1.54) is 61.7 Å². The summed E-state index contributed by atoms with van der Waals surface area (Å²) in [5.74, 6) is -1.46. The van der Waals surface area contributed by atoms with Crippen LogP contribution in [-0.4, -0.2) is 128 Å². The minimum absolute atomic E-state index is 0.111. The molecule has 0 aliphatic carbocycles. The number of nitrogens with one attached hydrogen (secondary N) is 3. The van der Waals surface area contributed by atoms with Crippen molar-refractivity contribution in [1.82, 2.24) is 19.3 Å². The number of allylic oxidation sites excluding steroid dienone is 3. The number of nitrogens with zero attached hydrogens (tertiary/aromatic N) is 2. The summed E-state index contributed by atoms with van der Waals surface area (Å²) in [5.41, 5.74) is 1.05. The van der Waals surface area contributed by atoms with Crippen molar-refractivity contribution in [3.05, 3.63) is 46.5 Å². The third-order valence-electron chi connectivity index (χ3n) is 11.4. The zero-order chi connectivity index (χ0) is 46.2. The molecule has 1 unspecified atom stereocenters. The second-order valence-corrected chi connectivity index (χ2v) is 19.4. The molecule has 0 radical (unpaired) electrons. The number of hydrogen-bond acceptors (Lipinski definition) is 14. The molecule has 22 heteroatoms. The fourth-order valence-corrected chi connectivity index (χ4v) is 10.3. The van der Waals surface area contributed by atoms with E-state index >= 15 is 0 Å². The van der Waals surface area contributed by atoms with Crippen LogP contribution in [0.4, 0.5) is 23.7 Å². The Hall–Kier alpha value is -2.51. The maximum absolute atomic E-state index is 14.5. The fraction of sp³-hybridized carbons (Fsp3) is 0.650. The van der Waals surface area contributed by atoms with Crippen molar-refractivity contribution >= 4 is 85.6 Å². The average Bonchev–Trinajstić information content (AvgIpc) is 3.90. The number of alkyl halides is 3. The lowest BCUT2D eigenvalue weighted by Crippen LogP contribution is -2.63. The van der Waals surface area contributed by atoms with Crippen LogP contribution in [0.5, 0.6) is 5.75 Å². The van der Waals surface area contributed by atoms with Gasteiger partial charge >= 0.3 is 18.2 Å². The molecule has 9 atom stereocenters. The Labute approximate surface area is 387 Å². The van der Waals surface area contributed by atoms with Gasteiger partial charge in [0.2, 0.25) is 11.8 Å². The molecule has 2 fully saturated rings. The number of alkyl carbamates (subject to hydrolysis) is 1. The van der Waals surface area contributed by atoms with Gasteiger partial charge in [-0.25, -0.2) is 4.79 Å². The number of esters is 1. The molecule has 4 bridgehead atoms. The minimum Gasteiger partial charge on any atom is -0.495 e. The lowest BCUT2D eigenvalue weighted by molar-refractivity contribution is -0.191. The Balaban J connectivity index is 1.63. The van der Waals surface area contributed by atoms with Crippen LogP contribution in [-0.2, 0) is 39.8 Å². The molecule has 4 N–H and O–H groups in total. The molecule has 3 heterocycles. The summed E-state index contributed by atoms with van der Waals surface area (Å²) >= 11 is 8.54. The molecule has 0 aromatic heterocycles. The third kappa shape index (κ3) is 13.3. The molecule has 0 saturated carbocycles. The Morgan fingerprint density at radius 3 is 2.56 bits per heavy atom. The van der Waals surface area contributed by atoms with E-state index in [1.807, 2.05) is 13.0 Å². The van der Waals surface area contributed by atoms with E-state index in [2.05, 4.69) is 14.4 Å². The van der Waals surface area contributed by atoms with Crippen molar-refractivity contribution < 1.29 is 61.1 Å². The van der Waals surface area contributed by atoms with Gasteiger partial charge in [-0.05, 0) is 64.8 Å². The lowest BCUT2D eigenvalue weighted by Gasteiger charge is -2.42. The summed E-state index contributed by atoms with van der Waals surface area (Å²) in [7, 11) is 8.12. The normalized spacial score (nSPS) is 29.3. The summed E-state index contributed by atoms with van der Waals surface area (Å²) in [4.78, 5) is 55.0. The summed E-state index contributed by atoms with van der Waals surface area (Å²) in [6.45, 7) is 6.51. The monoisotopic (exact) mass is 1050 g/mol. The van der Waals surface area contributed by atoms with Gasteiger partial charge in [0.05, 0.1) is 25.3 Å². The maximum atomic E-state index is 14.5. The summed E-state index contributed by atoms with van der Waals surface area (Å²) < 4.78 is 75.2. The van der Waals surface area contributed by atoms with Crippen molar-refractivity contribution in [2.75, 3.05) is 44.7 Å². The number of amides is 3. The Morgan fingerprint density at radius 2 is 1.92 bits per heavy atom. The van der Waals surface area contributed by atoms with Crippen molar-refractivity contribution in [3.8, 4) is 5.75 Å². The van der Waals surface area contributed by atoms with Crippen LogP contribution in [0.1, 0.15) is 65.4 Å². The van der Waals surface area contributed by atoms with Gasteiger partial charge < -0.3 is 33.7 Å². The van der Waals surface area contributed by atoms with Gasteiger partial charge in [-0.3, -0.25) is 30.0 Å². The van der Waals surface area contributed by atoms with Crippen LogP contribution < -0.4 is 24.0 Å². The highest BCUT2D eigenvalue weighted by Gasteiger charge is 2.64. The molecule has 15 nitrogen and oxygen atoms in total. The zero-order valence-corrected chi connectivity index (χ0v) is 40.4. The van der Waals surface area contributed by atoms with Crippen LogP contribution in [0.3, 0.4) is 0 Å². The first-order valence-corrected chi connectivity index (χ1v) is 23.8. The van der Waals surface area contributed by atoms with E-state index in [0.29, 0.717) is 30.0 Å². The predicted molar refractivity (Wildman–Crippen MR) is 240 cm³/mol. The second kappa shape index (κ2) is 22.6. The number of hydrogen-bond donors (Lipinski definition) is 4. The number of likely N-dealkylation sites (N-methyl/N-ethyl adjacent to an activating group) is 1. The number of rotatable bonds is 15. The number of methoxy groups -OCH3 is 2. The number of benzene rings is 1. The highest BCUT2D eigenvalue weighted by atomic mass is 127. The van der Waals surface area contributed by atoms with Crippen molar-refractivity contribution in [3.63, 3.8) is 0 Å². The molecule has 1 aromatic carbocycles. The molecule has 348 valence electrons. The van der Waals surface area contributed by atoms with E-state index in [-0.39, 0.29) is 35.9 Å². The third-order valence-corrected chi connectivity index (χ3v) is 14.6. The van der Waals surface area contributed by atoms with Crippen molar-refractivity contribution in [2.24, 2.45) is 5.92 Å². The smallest absolute Gasteiger partial charge is 0.409 e. The van der Waals surface area contributed by atoms with Gasteiger partial charge in [0.15, 0.2) is 5.72 Å². The molecular formula is C40H56ClF3IN5O10S2. The van der Waals surface area contributed by atoms with Crippen LogP contribution in [0.15, 0.2) is 35.9 Å². The van der Waals surface area contributed by atoms with Crippen LogP contribution in [0, 0.1) is 5.92 Å². The SMILES string of the molecule is COc1cc2cc(c1Cl)N(C)C(=O)C[C@H](OC(=O)[C@H](C)N(C)C(CCSSCCCC(=O)NNI)C(F)(F)F)[C@]1(C)O[C@H]1[C@H](C)[C@@H]1C[C@@](O)(NC(=O)O1)[C@H](OC)/C=C/C=C(\C)C2. The molecular weight excluding hydrogens is 994 g/mol. The highest BCUT2D eigenvalue weighted by Crippen LogP contribution is 2.49. The lowest BCUT2D eigenvalue weighted by atomic mass is 9.83. The van der Waals surface area contributed by atoms with Gasteiger partial charge in [0.1, 0.15) is 46.8 Å². The summed E-state index contributed by atoms with van der Waals surface area (Å²) in [6.07, 6.45) is -4.34. The number of anilines is 1. The molecule has 4 rings (SSSR count). The van der Waals surface area contributed by atoms with E-state index in [4.69, 9.17) is 35.3 Å². The second-order valence-electron chi connectivity index (χ2n) is 15.8. The zero-order valence-electron chi connectivity index (χ0n) is 35.8. The number of epoxide rings is 1. The van der Waals surface area contributed by atoms with Gasteiger partial charge in [-0.1, -0.05) is 63.9 Å². The van der Waals surface area contributed by atoms with Crippen LogP contribution >= 0.6 is 56.1 Å². The maximum Gasteiger partial charge on any atom is 0.409 e. The van der Waals surface area contributed by atoms with E-state index in [0.717, 1.165) is 16.0 Å². The Kier molecular flexibility index (Phi) is 19.0. The molecule has 3 amide bonds. The van der Waals surface area contributed by atoms with E-state index in [9.17, 15) is 37.5 Å².